The van der Waals surface area contributed by atoms with Crippen molar-refractivity contribution in [3.63, 3.8) is 0 Å². The Hall–Kier alpha value is -1.70. The molecule has 0 spiro atoms. The number of nitrogens with two attached hydrogens (primary N) is 1. The molecular weight excluding hydrogens is 296 g/mol. The van der Waals surface area contributed by atoms with Crippen molar-refractivity contribution in [1.29, 1.82) is 0 Å². The van der Waals surface area contributed by atoms with Gasteiger partial charge in [-0.1, -0.05) is 18.2 Å². The Bertz CT molecular complexity index is 692. The number of thiophene rings is 1. The summed E-state index contributed by atoms with van der Waals surface area (Å²) in [6, 6.07) is 9.47. The second-order valence-electron chi connectivity index (χ2n) is 4.29. The van der Waals surface area contributed by atoms with E-state index in [9.17, 15) is 13.2 Å². The lowest BCUT2D eigenvalue weighted by molar-refractivity contribution is 0.0944. The summed E-state index contributed by atoms with van der Waals surface area (Å²) in [5.74, 6) is -0.150. The molecule has 0 aliphatic carbocycles. The summed E-state index contributed by atoms with van der Waals surface area (Å²) < 4.78 is 22.3. The average Bonchev–Trinajstić information content (AvgIpc) is 2.91. The second kappa shape index (κ2) is 5.74. The molecule has 20 heavy (non-hydrogen) atoms. The Morgan fingerprint density at radius 2 is 1.90 bits per heavy atom. The molecule has 0 unspecified atom stereocenters. The van der Waals surface area contributed by atoms with Gasteiger partial charge >= 0.3 is 0 Å². The van der Waals surface area contributed by atoms with Gasteiger partial charge in [0.25, 0.3) is 5.91 Å². The van der Waals surface area contributed by atoms with E-state index in [4.69, 9.17) is 5.14 Å². The molecule has 3 N–H and O–H groups in total. The van der Waals surface area contributed by atoms with Crippen molar-refractivity contribution in [1.82, 2.24) is 5.32 Å². The first-order chi connectivity index (χ1) is 9.38. The molecule has 106 valence electrons. The van der Waals surface area contributed by atoms with Crippen LogP contribution in [0.25, 0.3) is 0 Å². The summed E-state index contributed by atoms with van der Waals surface area (Å²) in [5, 5.41) is 9.71. The lowest BCUT2D eigenvalue weighted by atomic mass is 10.1. The van der Waals surface area contributed by atoms with Gasteiger partial charge in [0.15, 0.2) is 0 Å². The fourth-order valence-electron chi connectivity index (χ4n) is 1.71. The van der Waals surface area contributed by atoms with E-state index in [2.05, 4.69) is 5.32 Å². The number of benzene rings is 1. The maximum absolute atomic E-state index is 11.9. The topological polar surface area (TPSA) is 89.3 Å². The van der Waals surface area contributed by atoms with Gasteiger partial charge in [-0.3, -0.25) is 4.79 Å². The second-order valence-corrected chi connectivity index (χ2v) is 6.80. The Balaban J connectivity index is 2.10. The highest BCUT2D eigenvalue weighted by molar-refractivity contribution is 7.89. The van der Waals surface area contributed by atoms with Crippen LogP contribution in [0.2, 0.25) is 0 Å². The Labute approximate surface area is 121 Å². The van der Waals surface area contributed by atoms with E-state index >= 15 is 0 Å². The number of nitrogens with one attached hydrogen (secondary N) is 1. The SMILES string of the molecule is C[C@H](NC(=O)c1cccs1)c1ccc(S(N)(=O)=O)cc1. The molecule has 0 aliphatic heterocycles. The van der Waals surface area contributed by atoms with Gasteiger partial charge in [0.05, 0.1) is 15.8 Å². The van der Waals surface area contributed by atoms with Gasteiger partial charge in [0, 0.05) is 0 Å². The van der Waals surface area contributed by atoms with E-state index in [1.807, 2.05) is 18.4 Å². The number of primary sulfonamides is 1. The van der Waals surface area contributed by atoms with Gasteiger partial charge in [-0.25, -0.2) is 13.6 Å². The summed E-state index contributed by atoms with van der Waals surface area (Å²) in [7, 11) is -3.69. The molecule has 1 amide bonds. The van der Waals surface area contributed by atoms with Crippen molar-refractivity contribution < 1.29 is 13.2 Å². The van der Waals surface area contributed by atoms with Crippen LogP contribution in [0.5, 0.6) is 0 Å². The normalized spacial score (nSPS) is 12.9. The quantitative estimate of drug-likeness (QED) is 0.903. The van der Waals surface area contributed by atoms with E-state index in [1.54, 1.807) is 18.2 Å². The van der Waals surface area contributed by atoms with Crippen molar-refractivity contribution in [2.75, 3.05) is 0 Å². The maximum atomic E-state index is 11.9. The average molecular weight is 310 g/mol. The van der Waals surface area contributed by atoms with E-state index in [1.165, 1.54) is 23.5 Å². The zero-order valence-electron chi connectivity index (χ0n) is 10.7. The largest absolute Gasteiger partial charge is 0.345 e. The van der Waals surface area contributed by atoms with Crippen LogP contribution in [0.1, 0.15) is 28.2 Å². The van der Waals surface area contributed by atoms with Crippen LogP contribution in [0.4, 0.5) is 0 Å². The third-order valence-corrected chi connectivity index (χ3v) is 4.60. The minimum Gasteiger partial charge on any atom is -0.345 e. The van der Waals surface area contributed by atoms with Crippen molar-refractivity contribution in [3.8, 4) is 0 Å². The summed E-state index contributed by atoms with van der Waals surface area (Å²) in [4.78, 5) is 12.6. The van der Waals surface area contributed by atoms with Crippen LogP contribution in [-0.2, 0) is 10.0 Å². The molecule has 0 aliphatic rings. The third kappa shape index (κ3) is 3.44. The summed E-state index contributed by atoms with van der Waals surface area (Å²) in [5.41, 5.74) is 0.808. The van der Waals surface area contributed by atoms with Gasteiger partial charge in [-0.05, 0) is 36.1 Å². The standard InChI is InChI=1S/C13H14N2O3S2/c1-9(15-13(16)12-3-2-8-19-12)10-4-6-11(7-5-10)20(14,17)18/h2-9H,1H3,(H,15,16)(H2,14,17,18)/t9-/m0/s1. The summed E-state index contributed by atoms with van der Waals surface area (Å²) in [6.07, 6.45) is 0. The zero-order chi connectivity index (χ0) is 14.8. The molecule has 0 radical (unpaired) electrons. The fourth-order valence-corrected chi connectivity index (χ4v) is 2.85. The predicted molar refractivity (Wildman–Crippen MR) is 78.0 cm³/mol. The minimum absolute atomic E-state index is 0.0537. The predicted octanol–water partition coefficient (Wildman–Crippen LogP) is 1.89. The van der Waals surface area contributed by atoms with Gasteiger partial charge < -0.3 is 5.32 Å². The summed E-state index contributed by atoms with van der Waals surface area (Å²) in [6.45, 7) is 1.83. The molecule has 0 saturated heterocycles. The first kappa shape index (κ1) is 14.7. The van der Waals surface area contributed by atoms with E-state index < -0.39 is 10.0 Å². The number of hydrogen-bond donors (Lipinski definition) is 2. The van der Waals surface area contributed by atoms with Gasteiger partial charge in [0.1, 0.15) is 0 Å². The van der Waals surface area contributed by atoms with Crippen molar-refractivity contribution in [2.24, 2.45) is 5.14 Å². The number of hydrogen-bond acceptors (Lipinski definition) is 4. The first-order valence-corrected chi connectivity index (χ1v) is 8.27. The highest BCUT2D eigenvalue weighted by Crippen LogP contribution is 2.17. The first-order valence-electron chi connectivity index (χ1n) is 5.85. The highest BCUT2D eigenvalue weighted by atomic mass is 32.2. The van der Waals surface area contributed by atoms with Crippen LogP contribution in [0, 0.1) is 0 Å². The van der Waals surface area contributed by atoms with Crippen LogP contribution in [0.3, 0.4) is 0 Å². The molecule has 2 aromatic rings. The minimum atomic E-state index is -3.69. The molecular formula is C13H14N2O3S2. The third-order valence-electron chi connectivity index (χ3n) is 2.80. The van der Waals surface area contributed by atoms with Crippen molar-refractivity contribution in [3.05, 3.63) is 52.2 Å². The highest BCUT2D eigenvalue weighted by Gasteiger charge is 2.13. The van der Waals surface area contributed by atoms with Gasteiger partial charge in [-0.2, -0.15) is 0 Å². The van der Waals surface area contributed by atoms with Crippen LogP contribution in [0.15, 0.2) is 46.7 Å². The number of carbonyl (C=O) groups is 1. The number of carbonyl (C=O) groups excluding carboxylic acids is 1. The maximum Gasteiger partial charge on any atom is 0.261 e. The molecule has 2 rings (SSSR count). The molecule has 1 aromatic carbocycles. The smallest absolute Gasteiger partial charge is 0.261 e. The Morgan fingerprint density at radius 1 is 1.25 bits per heavy atom. The molecule has 0 saturated carbocycles. The lowest BCUT2D eigenvalue weighted by Gasteiger charge is -2.14. The number of rotatable bonds is 4. The van der Waals surface area contributed by atoms with E-state index in [0.717, 1.165) is 5.56 Å². The van der Waals surface area contributed by atoms with E-state index in [0.29, 0.717) is 4.88 Å². The van der Waals surface area contributed by atoms with Crippen LogP contribution >= 0.6 is 11.3 Å². The van der Waals surface area contributed by atoms with Gasteiger partial charge in [0.2, 0.25) is 10.0 Å². The summed E-state index contributed by atoms with van der Waals surface area (Å²) >= 11 is 1.37. The molecule has 1 aromatic heterocycles. The van der Waals surface area contributed by atoms with E-state index in [-0.39, 0.29) is 16.8 Å². The zero-order valence-corrected chi connectivity index (χ0v) is 12.4. The molecule has 0 bridgehead atoms. The van der Waals surface area contributed by atoms with Crippen LogP contribution < -0.4 is 10.5 Å². The molecule has 7 heteroatoms. The Morgan fingerprint density at radius 3 is 2.40 bits per heavy atom. The molecule has 1 heterocycles. The monoisotopic (exact) mass is 310 g/mol. The van der Waals surface area contributed by atoms with Crippen molar-refractivity contribution in [2.45, 2.75) is 17.9 Å². The molecule has 0 fully saturated rings. The fraction of sp³-hybridized carbons (Fsp3) is 0.154. The van der Waals surface area contributed by atoms with Crippen LogP contribution in [-0.4, -0.2) is 14.3 Å². The van der Waals surface area contributed by atoms with Gasteiger partial charge in [-0.15, -0.1) is 11.3 Å². The van der Waals surface area contributed by atoms with Crippen molar-refractivity contribution >= 4 is 27.3 Å². The lowest BCUT2D eigenvalue weighted by Crippen LogP contribution is -2.25. The number of amides is 1. The molecule has 1 atom stereocenters. The molecule has 5 nitrogen and oxygen atoms in total. The Kier molecular flexibility index (Phi) is 4.22. The number of sulfonamides is 1.